The SMILES string of the molecule is C[C@H]([NH2+]CC(=O)N(C)Cc1ccc(-c2ccc(Br)cc2)o1)c1ccco1. The quantitative estimate of drug-likeness (QED) is 0.638. The minimum Gasteiger partial charge on any atom is -0.463 e. The molecule has 0 bridgehead atoms. The number of nitrogens with two attached hydrogens (primary N) is 1. The van der Waals surface area contributed by atoms with E-state index in [4.69, 9.17) is 8.83 Å². The number of rotatable bonds is 7. The van der Waals surface area contributed by atoms with Gasteiger partial charge in [-0.3, -0.25) is 4.79 Å². The first-order chi connectivity index (χ1) is 12.5. The summed E-state index contributed by atoms with van der Waals surface area (Å²) in [6.07, 6.45) is 1.65. The molecule has 0 saturated heterocycles. The van der Waals surface area contributed by atoms with E-state index < -0.39 is 0 Å². The molecule has 3 aromatic rings. The highest BCUT2D eigenvalue weighted by atomic mass is 79.9. The molecular formula is C20H22BrN2O3+. The lowest BCUT2D eigenvalue weighted by Gasteiger charge is -2.16. The summed E-state index contributed by atoms with van der Waals surface area (Å²) >= 11 is 3.43. The highest BCUT2D eigenvalue weighted by molar-refractivity contribution is 9.10. The average molecular weight is 418 g/mol. The lowest BCUT2D eigenvalue weighted by atomic mass is 10.2. The summed E-state index contributed by atoms with van der Waals surface area (Å²) in [5.41, 5.74) is 1.01. The van der Waals surface area contributed by atoms with Crippen molar-refractivity contribution in [1.29, 1.82) is 0 Å². The van der Waals surface area contributed by atoms with Crippen molar-refractivity contribution in [2.45, 2.75) is 19.5 Å². The largest absolute Gasteiger partial charge is 0.463 e. The number of carbonyl (C=O) groups is 1. The lowest BCUT2D eigenvalue weighted by Crippen LogP contribution is -2.86. The summed E-state index contributed by atoms with van der Waals surface area (Å²) in [7, 11) is 1.79. The van der Waals surface area contributed by atoms with Crippen molar-refractivity contribution in [2.75, 3.05) is 13.6 Å². The van der Waals surface area contributed by atoms with Crippen LogP contribution in [0.2, 0.25) is 0 Å². The van der Waals surface area contributed by atoms with Gasteiger partial charge in [0.2, 0.25) is 0 Å². The van der Waals surface area contributed by atoms with Crippen LogP contribution in [0.4, 0.5) is 0 Å². The minimum absolute atomic E-state index is 0.0463. The number of hydrogen-bond donors (Lipinski definition) is 1. The van der Waals surface area contributed by atoms with E-state index in [1.807, 2.05) is 60.8 Å². The van der Waals surface area contributed by atoms with E-state index in [-0.39, 0.29) is 11.9 Å². The third kappa shape index (κ3) is 4.65. The van der Waals surface area contributed by atoms with E-state index in [2.05, 4.69) is 15.9 Å². The van der Waals surface area contributed by atoms with Gasteiger partial charge in [-0.25, -0.2) is 0 Å². The molecule has 0 spiro atoms. The van der Waals surface area contributed by atoms with E-state index in [1.54, 1.807) is 18.2 Å². The number of likely N-dealkylation sites (N-methyl/N-ethyl adjacent to an activating group) is 1. The first kappa shape index (κ1) is 18.5. The first-order valence-electron chi connectivity index (χ1n) is 8.48. The van der Waals surface area contributed by atoms with E-state index >= 15 is 0 Å². The van der Waals surface area contributed by atoms with Gasteiger partial charge in [-0.1, -0.05) is 28.1 Å². The van der Waals surface area contributed by atoms with E-state index in [0.29, 0.717) is 13.1 Å². The number of benzene rings is 1. The Bertz CT molecular complexity index is 840. The van der Waals surface area contributed by atoms with Crippen molar-refractivity contribution in [2.24, 2.45) is 0 Å². The third-order valence-corrected chi connectivity index (χ3v) is 4.78. The molecule has 0 aliphatic heterocycles. The van der Waals surface area contributed by atoms with E-state index in [9.17, 15) is 4.79 Å². The molecular weight excluding hydrogens is 396 g/mol. The topological polar surface area (TPSA) is 63.2 Å². The maximum absolute atomic E-state index is 12.4. The molecule has 26 heavy (non-hydrogen) atoms. The Hall–Kier alpha value is -2.31. The van der Waals surface area contributed by atoms with Crippen LogP contribution >= 0.6 is 15.9 Å². The maximum atomic E-state index is 12.4. The summed E-state index contributed by atoms with van der Waals surface area (Å²) in [6.45, 7) is 2.82. The van der Waals surface area contributed by atoms with Crippen LogP contribution in [0.15, 0.2) is 68.1 Å². The van der Waals surface area contributed by atoms with Crippen LogP contribution in [-0.2, 0) is 11.3 Å². The molecule has 0 fully saturated rings. The van der Waals surface area contributed by atoms with Gasteiger partial charge in [0.1, 0.15) is 17.6 Å². The van der Waals surface area contributed by atoms with Gasteiger partial charge in [0.15, 0.2) is 12.3 Å². The molecule has 0 aliphatic rings. The molecule has 0 aliphatic carbocycles. The van der Waals surface area contributed by atoms with Gasteiger partial charge < -0.3 is 19.1 Å². The molecule has 0 radical (unpaired) electrons. The summed E-state index contributed by atoms with van der Waals surface area (Å²) in [6, 6.07) is 15.7. The van der Waals surface area contributed by atoms with Crippen LogP contribution in [0.1, 0.15) is 24.5 Å². The Morgan fingerprint density at radius 3 is 2.65 bits per heavy atom. The number of quaternary nitrogens is 1. The van der Waals surface area contributed by atoms with Crippen LogP contribution in [0.5, 0.6) is 0 Å². The van der Waals surface area contributed by atoms with E-state index in [0.717, 1.165) is 27.3 Å². The monoisotopic (exact) mass is 417 g/mol. The Morgan fingerprint density at radius 1 is 1.19 bits per heavy atom. The third-order valence-electron chi connectivity index (χ3n) is 4.25. The molecule has 2 aromatic heterocycles. The van der Waals surface area contributed by atoms with Crippen molar-refractivity contribution in [3.05, 3.63) is 70.8 Å². The summed E-state index contributed by atoms with van der Waals surface area (Å²) in [5.74, 6) is 2.47. The van der Waals surface area contributed by atoms with Crippen molar-refractivity contribution in [1.82, 2.24) is 4.90 Å². The smallest absolute Gasteiger partial charge is 0.277 e. The second-order valence-corrected chi connectivity index (χ2v) is 7.18. The Kier molecular flexibility index (Phi) is 5.96. The average Bonchev–Trinajstić information content (AvgIpc) is 3.32. The zero-order valence-corrected chi connectivity index (χ0v) is 16.4. The summed E-state index contributed by atoms with van der Waals surface area (Å²) < 4.78 is 12.3. The molecule has 2 heterocycles. The number of amides is 1. The Labute approximate surface area is 161 Å². The predicted molar refractivity (Wildman–Crippen MR) is 102 cm³/mol. The summed E-state index contributed by atoms with van der Waals surface area (Å²) in [5, 5.41) is 1.97. The fourth-order valence-electron chi connectivity index (χ4n) is 2.65. The molecule has 5 nitrogen and oxygen atoms in total. The van der Waals surface area contributed by atoms with Gasteiger partial charge in [0.25, 0.3) is 5.91 Å². The molecule has 0 saturated carbocycles. The zero-order valence-electron chi connectivity index (χ0n) is 14.8. The molecule has 2 N–H and O–H groups in total. The molecule has 6 heteroatoms. The minimum atomic E-state index is 0.0463. The van der Waals surface area contributed by atoms with Gasteiger partial charge in [0, 0.05) is 17.1 Å². The fraction of sp³-hybridized carbons (Fsp3) is 0.250. The highest BCUT2D eigenvalue weighted by Gasteiger charge is 2.17. The second-order valence-electron chi connectivity index (χ2n) is 6.27. The normalized spacial score (nSPS) is 12.1. The molecule has 0 unspecified atom stereocenters. The van der Waals surface area contributed by atoms with Crippen molar-refractivity contribution >= 4 is 21.8 Å². The van der Waals surface area contributed by atoms with Crippen molar-refractivity contribution < 1.29 is 18.9 Å². The van der Waals surface area contributed by atoms with Gasteiger partial charge >= 0.3 is 0 Å². The molecule has 1 atom stereocenters. The Morgan fingerprint density at radius 2 is 1.96 bits per heavy atom. The lowest BCUT2D eigenvalue weighted by molar-refractivity contribution is -0.685. The van der Waals surface area contributed by atoms with Gasteiger partial charge in [-0.2, -0.15) is 0 Å². The molecule has 3 rings (SSSR count). The van der Waals surface area contributed by atoms with Gasteiger partial charge in [-0.15, -0.1) is 0 Å². The van der Waals surface area contributed by atoms with E-state index in [1.165, 1.54) is 0 Å². The van der Waals surface area contributed by atoms with Gasteiger partial charge in [-0.05, 0) is 43.3 Å². The first-order valence-corrected chi connectivity index (χ1v) is 9.27. The Balaban J connectivity index is 1.53. The van der Waals surface area contributed by atoms with Crippen LogP contribution < -0.4 is 5.32 Å². The van der Waals surface area contributed by atoms with Crippen LogP contribution in [0, 0.1) is 0 Å². The summed E-state index contributed by atoms with van der Waals surface area (Å²) in [4.78, 5) is 14.0. The van der Waals surface area contributed by atoms with Crippen molar-refractivity contribution in [3.8, 4) is 11.3 Å². The second kappa shape index (κ2) is 8.38. The van der Waals surface area contributed by atoms with Gasteiger partial charge in [0.05, 0.1) is 12.8 Å². The number of hydrogen-bond acceptors (Lipinski definition) is 3. The number of halogens is 1. The number of carbonyl (C=O) groups excluding carboxylic acids is 1. The molecule has 136 valence electrons. The van der Waals surface area contributed by atoms with Crippen LogP contribution in [0.25, 0.3) is 11.3 Å². The predicted octanol–water partition coefficient (Wildman–Crippen LogP) is 3.59. The maximum Gasteiger partial charge on any atom is 0.277 e. The molecule has 1 amide bonds. The number of nitrogens with zero attached hydrogens (tertiary/aromatic N) is 1. The van der Waals surface area contributed by atoms with Crippen LogP contribution in [0.3, 0.4) is 0 Å². The fourth-order valence-corrected chi connectivity index (χ4v) is 2.92. The van der Waals surface area contributed by atoms with Crippen molar-refractivity contribution in [3.63, 3.8) is 0 Å². The zero-order chi connectivity index (χ0) is 18.5. The standard InChI is InChI=1S/C20H21BrN2O3/c1-14(18-4-3-11-25-18)22-12-20(24)23(2)13-17-9-10-19(26-17)15-5-7-16(21)8-6-15/h3-11,14,22H,12-13H2,1-2H3/p+1/t14-/m0/s1. The number of furan rings is 2. The highest BCUT2D eigenvalue weighted by Crippen LogP contribution is 2.24. The van der Waals surface area contributed by atoms with Crippen LogP contribution in [-0.4, -0.2) is 24.4 Å². The molecule has 1 aromatic carbocycles.